The van der Waals surface area contributed by atoms with Crippen LogP contribution in [0.25, 0.3) is 0 Å². The molecule has 2 rings (SSSR count). The van der Waals surface area contributed by atoms with Gasteiger partial charge in [-0.1, -0.05) is 6.92 Å². The zero-order valence-corrected chi connectivity index (χ0v) is 8.87. The van der Waals surface area contributed by atoms with Gasteiger partial charge < -0.3 is 5.32 Å². The average Bonchev–Trinajstić information content (AvgIpc) is 2.61. The molecule has 1 nitrogen and oxygen atoms in total. The van der Waals surface area contributed by atoms with Crippen LogP contribution in [0.3, 0.4) is 0 Å². The Morgan fingerprint density at radius 2 is 2.06 bits per heavy atom. The summed E-state index contributed by atoms with van der Waals surface area (Å²) in [6, 6.07) is -0.562. The molecule has 16 heavy (non-hydrogen) atoms. The topological polar surface area (TPSA) is 12.0 Å². The SMILES string of the molecule is C[C@@]1([C@H]2C[C@H](F)CN2)CC(F)=CC(F)=C1F. The smallest absolute Gasteiger partial charge is 0.157 e. The number of nitrogens with one attached hydrogen (secondary N) is 1. The maximum absolute atomic E-state index is 13.7. The highest BCUT2D eigenvalue weighted by atomic mass is 19.2. The Balaban J connectivity index is 2.29. The first-order chi connectivity index (χ1) is 7.43. The Labute approximate surface area is 91.2 Å². The standard InChI is InChI=1S/C11H13F4N/c1-11(9-3-7(13)5-16-9)4-6(12)2-8(14)10(11)15/h2,7,9,16H,3-5H2,1H3/t7-,9+,11-/m0/s1. The summed E-state index contributed by atoms with van der Waals surface area (Å²) in [6.07, 6.45) is -0.660. The van der Waals surface area contributed by atoms with E-state index in [4.69, 9.17) is 0 Å². The van der Waals surface area contributed by atoms with Gasteiger partial charge in [0.15, 0.2) is 5.83 Å². The predicted molar refractivity (Wildman–Crippen MR) is 52.5 cm³/mol. The van der Waals surface area contributed by atoms with Crippen molar-refractivity contribution >= 4 is 0 Å². The summed E-state index contributed by atoms with van der Waals surface area (Å²) >= 11 is 0. The molecule has 3 atom stereocenters. The molecule has 1 saturated heterocycles. The Bertz CT molecular complexity index is 363. The summed E-state index contributed by atoms with van der Waals surface area (Å²) in [5.74, 6) is -2.87. The largest absolute Gasteiger partial charge is 0.310 e. The van der Waals surface area contributed by atoms with E-state index in [-0.39, 0.29) is 19.4 Å². The zero-order valence-electron chi connectivity index (χ0n) is 8.87. The zero-order chi connectivity index (χ0) is 11.9. The lowest BCUT2D eigenvalue weighted by atomic mass is 9.74. The first-order valence-corrected chi connectivity index (χ1v) is 5.23. The van der Waals surface area contributed by atoms with E-state index in [1.807, 2.05) is 0 Å². The van der Waals surface area contributed by atoms with Gasteiger partial charge in [-0.15, -0.1) is 0 Å². The highest BCUT2D eigenvalue weighted by Gasteiger charge is 2.46. The molecule has 0 spiro atoms. The Hall–Kier alpha value is -0.840. The summed E-state index contributed by atoms with van der Waals surface area (Å²) in [4.78, 5) is 0. The van der Waals surface area contributed by atoms with Gasteiger partial charge >= 0.3 is 0 Å². The van der Waals surface area contributed by atoms with Gasteiger partial charge in [-0.25, -0.2) is 17.6 Å². The van der Waals surface area contributed by atoms with Crippen LogP contribution in [0.15, 0.2) is 23.6 Å². The van der Waals surface area contributed by atoms with Gasteiger partial charge in [0, 0.05) is 30.5 Å². The van der Waals surface area contributed by atoms with Gasteiger partial charge in [0.05, 0.1) is 0 Å². The molecule has 0 aromatic heterocycles. The van der Waals surface area contributed by atoms with Crippen molar-refractivity contribution in [1.82, 2.24) is 5.32 Å². The monoisotopic (exact) mass is 235 g/mol. The van der Waals surface area contributed by atoms with E-state index >= 15 is 0 Å². The fraction of sp³-hybridized carbons (Fsp3) is 0.636. The number of halogens is 4. The van der Waals surface area contributed by atoms with E-state index in [1.165, 1.54) is 6.92 Å². The van der Waals surface area contributed by atoms with Gasteiger partial charge in [0.25, 0.3) is 0 Å². The lowest BCUT2D eigenvalue weighted by molar-refractivity contribution is 0.200. The molecular formula is C11H13F4N. The molecule has 0 saturated carbocycles. The molecule has 0 aromatic rings. The van der Waals surface area contributed by atoms with Gasteiger partial charge in [0.2, 0.25) is 0 Å². The molecule has 1 fully saturated rings. The molecule has 5 heteroatoms. The van der Waals surface area contributed by atoms with Crippen molar-refractivity contribution in [2.75, 3.05) is 6.54 Å². The second-order valence-corrected chi connectivity index (χ2v) is 4.64. The molecule has 0 bridgehead atoms. The molecule has 1 N–H and O–H groups in total. The van der Waals surface area contributed by atoms with E-state index in [0.717, 1.165) is 0 Å². The van der Waals surface area contributed by atoms with Gasteiger partial charge in [-0.3, -0.25) is 0 Å². The Morgan fingerprint density at radius 3 is 2.62 bits per heavy atom. The van der Waals surface area contributed by atoms with Gasteiger partial charge in [0.1, 0.15) is 17.8 Å². The second-order valence-electron chi connectivity index (χ2n) is 4.64. The summed E-state index contributed by atoms with van der Waals surface area (Å²) in [5, 5.41) is 2.78. The molecule has 90 valence electrons. The summed E-state index contributed by atoms with van der Waals surface area (Å²) in [6.45, 7) is 1.53. The second kappa shape index (κ2) is 3.87. The van der Waals surface area contributed by atoms with Crippen LogP contribution in [-0.2, 0) is 0 Å². The van der Waals surface area contributed by atoms with Crippen molar-refractivity contribution in [3.8, 4) is 0 Å². The lowest BCUT2D eigenvalue weighted by Crippen LogP contribution is -2.41. The van der Waals surface area contributed by atoms with Crippen LogP contribution in [-0.4, -0.2) is 18.8 Å². The maximum Gasteiger partial charge on any atom is 0.157 e. The van der Waals surface area contributed by atoms with Crippen molar-refractivity contribution in [2.24, 2.45) is 5.41 Å². The normalized spacial score (nSPS) is 40.2. The average molecular weight is 235 g/mol. The minimum absolute atomic E-state index is 0.0878. The predicted octanol–water partition coefficient (Wildman–Crippen LogP) is 3.10. The van der Waals surface area contributed by atoms with Gasteiger partial charge in [-0.2, -0.15) is 0 Å². The van der Waals surface area contributed by atoms with Crippen LogP contribution in [0.2, 0.25) is 0 Å². The molecule has 2 aliphatic rings. The number of rotatable bonds is 1. The molecule has 1 aliphatic carbocycles. The molecule has 0 radical (unpaired) electrons. The molecule has 0 amide bonds. The van der Waals surface area contributed by atoms with Crippen LogP contribution >= 0.6 is 0 Å². The summed E-state index contributed by atoms with van der Waals surface area (Å²) in [5.41, 5.74) is -1.32. The third-order valence-corrected chi connectivity index (χ3v) is 3.38. The van der Waals surface area contributed by atoms with E-state index in [9.17, 15) is 17.6 Å². The molecular weight excluding hydrogens is 222 g/mol. The van der Waals surface area contributed by atoms with Crippen LogP contribution in [0.1, 0.15) is 19.8 Å². The maximum atomic E-state index is 13.7. The third-order valence-electron chi connectivity index (χ3n) is 3.38. The third kappa shape index (κ3) is 1.77. The number of hydrogen-bond acceptors (Lipinski definition) is 1. The number of alkyl halides is 1. The van der Waals surface area contributed by atoms with Crippen LogP contribution < -0.4 is 5.32 Å². The van der Waals surface area contributed by atoms with Crippen molar-refractivity contribution in [3.05, 3.63) is 23.6 Å². The van der Waals surface area contributed by atoms with Crippen molar-refractivity contribution in [1.29, 1.82) is 0 Å². The lowest BCUT2D eigenvalue weighted by Gasteiger charge is -2.35. The van der Waals surface area contributed by atoms with E-state index < -0.39 is 35.1 Å². The van der Waals surface area contributed by atoms with Gasteiger partial charge in [-0.05, 0) is 6.42 Å². The minimum atomic E-state index is -1.32. The Kier molecular flexibility index (Phi) is 2.82. The van der Waals surface area contributed by atoms with Crippen molar-refractivity contribution in [2.45, 2.75) is 32.0 Å². The highest BCUT2D eigenvalue weighted by Crippen LogP contribution is 2.46. The first kappa shape index (κ1) is 11.6. The quantitative estimate of drug-likeness (QED) is 0.688. The molecule has 0 unspecified atom stereocenters. The number of hydrogen-bond donors (Lipinski definition) is 1. The fourth-order valence-electron chi connectivity index (χ4n) is 2.41. The first-order valence-electron chi connectivity index (χ1n) is 5.23. The van der Waals surface area contributed by atoms with E-state index in [0.29, 0.717) is 6.08 Å². The molecule has 1 aliphatic heterocycles. The summed E-state index contributed by atoms with van der Waals surface area (Å²) in [7, 11) is 0. The minimum Gasteiger partial charge on any atom is -0.310 e. The summed E-state index contributed by atoms with van der Waals surface area (Å²) < 4.78 is 53.0. The highest BCUT2D eigenvalue weighted by molar-refractivity contribution is 5.31. The van der Waals surface area contributed by atoms with Crippen molar-refractivity contribution < 1.29 is 17.6 Å². The molecule has 0 aromatic carbocycles. The fourth-order valence-corrected chi connectivity index (χ4v) is 2.41. The van der Waals surface area contributed by atoms with E-state index in [2.05, 4.69) is 5.32 Å². The van der Waals surface area contributed by atoms with Crippen LogP contribution in [0.4, 0.5) is 17.6 Å². The van der Waals surface area contributed by atoms with E-state index in [1.54, 1.807) is 0 Å². The van der Waals surface area contributed by atoms with Crippen molar-refractivity contribution in [3.63, 3.8) is 0 Å². The molecule has 1 heterocycles. The number of allylic oxidation sites excluding steroid dienone is 3. The van der Waals surface area contributed by atoms with Crippen LogP contribution in [0.5, 0.6) is 0 Å². The Morgan fingerprint density at radius 1 is 1.38 bits per heavy atom. The van der Waals surface area contributed by atoms with Crippen LogP contribution in [0, 0.1) is 5.41 Å².